The molecule has 0 aliphatic heterocycles. The van der Waals surface area contributed by atoms with Gasteiger partial charge < -0.3 is 39.7 Å². The third-order valence-electron chi connectivity index (χ3n) is 2.41. The summed E-state index contributed by atoms with van der Waals surface area (Å²) in [5, 5.41) is 44.7. The fraction of sp³-hybridized carbons (Fsp3) is 0.750. The zero-order valence-electron chi connectivity index (χ0n) is 12.2. The largest absolute Gasteiger partial charge is 0.481 e. The number of aliphatic hydroxyl groups excluding tert-OH is 2. The van der Waals surface area contributed by atoms with Gasteiger partial charge in [-0.3, -0.25) is 9.59 Å². The lowest BCUT2D eigenvalue weighted by Gasteiger charge is -2.21. The van der Waals surface area contributed by atoms with Gasteiger partial charge in [0.05, 0.1) is 39.3 Å². The first-order valence-corrected chi connectivity index (χ1v) is 6.52. The van der Waals surface area contributed by atoms with Crippen LogP contribution in [0.1, 0.15) is 12.8 Å². The molecule has 0 amide bonds. The van der Waals surface area contributed by atoms with Gasteiger partial charge in [0.25, 0.3) is 0 Å². The van der Waals surface area contributed by atoms with Crippen LogP contribution in [0.5, 0.6) is 0 Å². The minimum atomic E-state index is -2.83. The third kappa shape index (κ3) is 9.76. The molecule has 0 aliphatic carbocycles. The number of aliphatic hydroxyl groups is 3. The molecule has 0 bridgehead atoms. The molecule has 0 aliphatic rings. The molecule has 134 valence electrons. The summed E-state index contributed by atoms with van der Waals surface area (Å²) < 4.78 is 14.1. The fourth-order valence-corrected chi connectivity index (χ4v) is 1.40. The van der Waals surface area contributed by atoms with Crippen LogP contribution in [0.2, 0.25) is 0 Å². The van der Waals surface area contributed by atoms with E-state index in [0.29, 0.717) is 0 Å². The SMILES string of the molecule is O=C(O)CC(O)(CC(=O)OC(O)COCCOCCO)C(=O)O. The molecule has 0 aromatic rings. The Morgan fingerprint density at radius 2 is 1.61 bits per heavy atom. The van der Waals surface area contributed by atoms with Crippen LogP contribution < -0.4 is 0 Å². The Labute approximate surface area is 131 Å². The van der Waals surface area contributed by atoms with Crippen molar-refractivity contribution in [2.24, 2.45) is 0 Å². The normalized spacial score (nSPS) is 14.7. The number of ether oxygens (including phenoxy) is 3. The lowest BCUT2D eigenvalue weighted by molar-refractivity contribution is -0.188. The van der Waals surface area contributed by atoms with Gasteiger partial charge in [-0.05, 0) is 0 Å². The highest BCUT2D eigenvalue weighted by Gasteiger charge is 2.41. The zero-order valence-corrected chi connectivity index (χ0v) is 12.2. The Morgan fingerprint density at radius 1 is 1.00 bits per heavy atom. The number of carbonyl (C=O) groups excluding carboxylic acids is 1. The topological polar surface area (TPSA) is 180 Å². The summed E-state index contributed by atoms with van der Waals surface area (Å²) in [5.41, 5.74) is -2.83. The van der Waals surface area contributed by atoms with Crippen LogP contribution >= 0.6 is 0 Å². The summed E-state index contributed by atoms with van der Waals surface area (Å²) in [4.78, 5) is 32.8. The van der Waals surface area contributed by atoms with E-state index in [9.17, 15) is 24.6 Å². The first-order chi connectivity index (χ1) is 10.7. The second kappa shape index (κ2) is 10.9. The molecule has 0 saturated carbocycles. The molecule has 0 rings (SSSR count). The molecule has 0 saturated heterocycles. The quantitative estimate of drug-likeness (QED) is 0.136. The Balaban J connectivity index is 4.15. The molecule has 5 N–H and O–H groups in total. The summed E-state index contributed by atoms with van der Waals surface area (Å²) >= 11 is 0. The van der Waals surface area contributed by atoms with E-state index in [1.165, 1.54) is 0 Å². The van der Waals surface area contributed by atoms with Gasteiger partial charge in [-0.15, -0.1) is 0 Å². The number of rotatable bonds is 13. The number of aliphatic carboxylic acids is 2. The number of carboxylic acids is 2. The van der Waals surface area contributed by atoms with E-state index in [0.717, 1.165) is 0 Å². The van der Waals surface area contributed by atoms with Gasteiger partial charge in [-0.2, -0.15) is 0 Å². The van der Waals surface area contributed by atoms with Crippen LogP contribution in [-0.2, 0) is 28.6 Å². The van der Waals surface area contributed by atoms with E-state index in [-0.39, 0.29) is 26.4 Å². The molecule has 0 heterocycles. The molecule has 11 heteroatoms. The molecular formula is C12H20O11. The van der Waals surface area contributed by atoms with Gasteiger partial charge in [-0.25, -0.2) is 4.79 Å². The van der Waals surface area contributed by atoms with Crippen molar-refractivity contribution in [3.05, 3.63) is 0 Å². The Morgan fingerprint density at radius 3 is 2.13 bits per heavy atom. The highest BCUT2D eigenvalue weighted by atomic mass is 16.7. The Bertz CT molecular complexity index is 396. The van der Waals surface area contributed by atoms with Crippen molar-refractivity contribution >= 4 is 17.9 Å². The maximum Gasteiger partial charge on any atom is 0.336 e. The Hall–Kier alpha value is -1.79. The average Bonchev–Trinajstić information content (AvgIpc) is 2.41. The van der Waals surface area contributed by atoms with Gasteiger partial charge in [0.2, 0.25) is 6.29 Å². The number of carboxylic acid groups (broad SMARTS) is 2. The Kier molecular flexibility index (Phi) is 10.0. The van der Waals surface area contributed by atoms with Crippen molar-refractivity contribution in [2.75, 3.05) is 33.0 Å². The van der Waals surface area contributed by atoms with Gasteiger partial charge in [-0.1, -0.05) is 0 Å². The lowest BCUT2D eigenvalue weighted by atomic mass is 9.96. The van der Waals surface area contributed by atoms with E-state index in [2.05, 4.69) is 4.74 Å². The zero-order chi connectivity index (χ0) is 17.9. The predicted molar refractivity (Wildman–Crippen MR) is 70.3 cm³/mol. The van der Waals surface area contributed by atoms with Crippen molar-refractivity contribution in [1.29, 1.82) is 0 Å². The van der Waals surface area contributed by atoms with Crippen molar-refractivity contribution in [2.45, 2.75) is 24.7 Å². The molecule has 0 aromatic heterocycles. The summed E-state index contributed by atoms with van der Waals surface area (Å²) in [5.74, 6) is -4.82. The number of hydrogen-bond acceptors (Lipinski definition) is 9. The van der Waals surface area contributed by atoms with Gasteiger partial charge in [0.15, 0.2) is 5.60 Å². The molecule has 0 radical (unpaired) electrons. The van der Waals surface area contributed by atoms with Crippen molar-refractivity contribution in [1.82, 2.24) is 0 Å². The standard InChI is InChI=1S/C12H20O11/c13-1-2-21-3-4-22-7-10(17)23-9(16)6-12(20,11(18)19)5-8(14)15/h10,13,17,20H,1-7H2,(H,14,15)(H,18,19). The minimum absolute atomic E-state index is 0.0483. The van der Waals surface area contributed by atoms with Crippen molar-refractivity contribution in [3.8, 4) is 0 Å². The van der Waals surface area contributed by atoms with Crippen molar-refractivity contribution in [3.63, 3.8) is 0 Å². The fourth-order valence-electron chi connectivity index (χ4n) is 1.40. The van der Waals surface area contributed by atoms with E-state index in [1.54, 1.807) is 0 Å². The number of carbonyl (C=O) groups is 3. The van der Waals surface area contributed by atoms with E-state index in [4.69, 9.17) is 24.8 Å². The number of esters is 1. The first kappa shape index (κ1) is 21.2. The summed E-state index contributed by atoms with van der Waals surface area (Å²) in [7, 11) is 0. The molecule has 0 fully saturated rings. The van der Waals surface area contributed by atoms with Crippen LogP contribution in [-0.4, -0.2) is 88.4 Å². The predicted octanol–water partition coefficient (Wildman–Crippen LogP) is -2.45. The molecule has 23 heavy (non-hydrogen) atoms. The molecule has 2 unspecified atom stereocenters. The lowest BCUT2D eigenvalue weighted by Crippen LogP contribution is -2.43. The van der Waals surface area contributed by atoms with Crippen LogP contribution in [0.4, 0.5) is 0 Å². The summed E-state index contributed by atoms with van der Waals surface area (Å²) in [6, 6.07) is 0. The maximum atomic E-state index is 11.4. The van der Waals surface area contributed by atoms with Crippen LogP contribution in [0.15, 0.2) is 0 Å². The van der Waals surface area contributed by atoms with E-state index in [1.807, 2.05) is 0 Å². The van der Waals surface area contributed by atoms with Crippen molar-refractivity contribution < 1.29 is 54.1 Å². The third-order valence-corrected chi connectivity index (χ3v) is 2.41. The second-order valence-electron chi connectivity index (χ2n) is 4.44. The monoisotopic (exact) mass is 340 g/mol. The summed E-state index contributed by atoms with van der Waals surface area (Å²) in [6.45, 7) is -0.273. The van der Waals surface area contributed by atoms with Gasteiger partial charge in [0.1, 0.15) is 6.61 Å². The number of hydrogen-bond donors (Lipinski definition) is 5. The van der Waals surface area contributed by atoms with E-state index < -0.39 is 49.2 Å². The minimum Gasteiger partial charge on any atom is -0.481 e. The molecule has 2 atom stereocenters. The second-order valence-corrected chi connectivity index (χ2v) is 4.44. The van der Waals surface area contributed by atoms with Crippen LogP contribution in [0.3, 0.4) is 0 Å². The molecule has 0 aromatic carbocycles. The average molecular weight is 340 g/mol. The molecule has 11 nitrogen and oxygen atoms in total. The highest BCUT2D eigenvalue weighted by Crippen LogP contribution is 2.17. The first-order valence-electron chi connectivity index (χ1n) is 6.52. The van der Waals surface area contributed by atoms with E-state index >= 15 is 0 Å². The van der Waals surface area contributed by atoms with Gasteiger partial charge in [0, 0.05) is 0 Å². The highest BCUT2D eigenvalue weighted by molar-refractivity contribution is 5.88. The molecule has 0 spiro atoms. The van der Waals surface area contributed by atoms with Gasteiger partial charge >= 0.3 is 17.9 Å². The van der Waals surface area contributed by atoms with Crippen LogP contribution in [0, 0.1) is 0 Å². The smallest absolute Gasteiger partial charge is 0.336 e. The summed E-state index contributed by atoms with van der Waals surface area (Å²) in [6.07, 6.45) is -4.07. The van der Waals surface area contributed by atoms with Crippen LogP contribution in [0.25, 0.3) is 0 Å². The molecular weight excluding hydrogens is 320 g/mol. The maximum absolute atomic E-state index is 11.4.